The normalized spacial score (nSPS) is 25.3. The third-order valence-electron chi connectivity index (χ3n) is 5.85. The summed E-state index contributed by atoms with van der Waals surface area (Å²) in [6.45, 7) is 4.04. The first-order valence-corrected chi connectivity index (χ1v) is 9.28. The van der Waals surface area contributed by atoms with Crippen LogP contribution in [-0.4, -0.2) is 43.2 Å². The summed E-state index contributed by atoms with van der Waals surface area (Å²) in [6, 6.07) is 11.0. The van der Waals surface area contributed by atoms with Gasteiger partial charge in [0.2, 0.25) is 0 Å². The number of fused-ring (bicyclic) bond motifs is 3. The molecule has 2 aliphatic heterocycles. The van der Waals surface area contributed by atoms with E-state index in [2.05, 4.69) is 29.2 Å². The quantitative estimate of drug-likeness (QED) is 0.919. The summed E-state index contributed by atoms with van der Waals surface area (Å²) >= 11 is 0. The maximum Gasteiger partial charge on any atom is 0.161 e. The van der Waals surface area contributed by atoms with Gasteiger partial charge in [-0.15, -0.1) is 0 Å². The van der Waals surface area contributed by atoms with Crippen LogP contribution in [0.1, 0.15) is 40.9 Å². The molecule has 3 atom stereocenters. The van der Waals surface area contributed by atoms with Gasteiger partial charge in [0.05, 0.1) is 14.2 Å². The average Bonchev–Trinajstić information content (AvgIpc) is 2.66. The summed E-state index contributed by atoms with van der Waals surface area (Å²) in [5.74, 6) is 1.89. The van der Waals surface area contributed by atoms with Crippen molar-refractivity contribution in [3.05, 3.63) is 52.8 Å². The molecule has 2 aliphatic rings. The minimum absolute atomic E-state index is 0.101. The zero-order chi connectivity index (χ0) is 18.3. The van der Waals surface area contributed by atoms with E-state index in [0.717, 1.165) is 48.8 Å². The molecule has 2 N–H and O–H groups in total. The Balaban J connectivity index is 1.64. The smallest absolute Gasteiger partial charge is 0.161 e. The number of nitrogens with zero attached hydrogens (tertiary/aromatic N) is 2. The van der Waals surface area contributed by atoms with Crippen molar-refractivity contribution in [2.75, 3.05) is 27.3 Å². The number of aryl methyl sites for hydroxylation is 1. The molecule has 0 bridgehead atoms. The van der Waals surface area contributed by atoms with Crippen LogP contribution in [0.4, 0.5) is 0 Å². The van der Waals surface area contributed by atoms with E-state index in [-0.39, 0.29) is 12.0 Å². The van der Waals surface area contributed by atoms with E-state index in [1.54, 1.807) is 14.2 Å². The van der Waals surface area contributed by atoms with Crippen molar-refractivity contribution in [1.29, 1.82) is 0 Å². The Labute approximate surface area is 155 Å². The predicted molar refractivity (Wildman–Crippen MR) is 102 cm³/mol. The second-order valence-electron chi connectivity index (χ2n) is 7.38. The van der Waals surface area contributed by atoms with Gasteiger partial charge in [0, 0.05) is 42.5 Å². The van der Waals surface area contributed by atoms with Crippen LogP contribution in [-0.2, 0) is 6.42 Å². The first kappa shape index (κ1) is 17.3. The molecule has 3 heterocycles. The lowest BCUT2D eigenvalue weighted by Gasteiger charge is -2.46. The Hall–Kier alpha value is -2.11. The van der Waals surface area contributed by atoms with Crippen molar-refractivity contribution in [2.24, 2.45) is 5.73 Å². The second-order valence-corrected chi connectivity index (χ2v) is 7.38. The SMILES string of the molecule is COc1cc2c(cc1OC)[C@@H]1C[C@H](N)[C@@H](c3cccc(C)n3)CN1CC2. The number of ether oxygens (including phenoxy) is 2. The molecule has 1 fully saturated rings. The van der Waals surface area contributed by atoms with E-state index in [9.17, 15) is 0 Å². The van der Waals surface area contributed by atoms with Crippen molar-refractivity contribution in [2.45, 2.75) is 37.8 Å². The fourth-order valence-electron chi connectivity index (χ4n) is 4.47. The highest BCUT2D eigenvalue weighted by molar-refractivity contribution is 5.49. The maximum absolute atomic E-state index is 6.63. The van der Waals surface area contributed by atoms with E-state index >= 15 is 0 Å². The summed E-state index contributed by atoms with van der Waals surface area (Å²) in [5, 5.41) is 0. The highest BCUT2D eigenvalue weighted by atomic mass is 16.5. The van der Waals surface area contributed by atoms with E-state index in [1.807, 2.05) is 13.0 Å². The highest BCUT2D eigenvalue weighted by Gasteiger charge is 2.39. The van der Waals surface area contributed by atoms with Crippen LogP contribution in [0.15, 0.2) is 30.3 Å². The molecular formula is C21H27N3O2. The highest BCUT2D eigenvalue weighted by Crippen LogP contribution is 2.43. The molecule has 5 nitrogen and oxygen atoms in total. The summed E-state index contributed by atoms with van der Waals surface area (Å²) in [5.41, 5.74) is 11.5. The van der Waals surface area contributed by atoms with Gasteiger partial charge in [-0.25, -0.2) is 0 Å². The lowest BCUT2D eigenvalue weighted by Crippen LogP contribution is -2.50. The fraction of sp³-hybridized carbons (Fsp3) is 0.476. The molecule has 0 amide bonds. The molecule has 0 saturated carbocycles. The third-order valence-corrected chi connectivity index (χ3v) is 5.85. The number of methoxy groups -OCH3 is 2. The van der Waals surface area contributed by atoms with Crippen molar-refractivity contribution >= 4 is 0 Å². The molecule has 1 saturated heterocycles. The average molecular weight is 353 g/mol. The van der Waals surface area contributed by atoms with Gasteiger partial charge in [-0.3, -0.25) is 9.88 Å². The predicted octanol–water partition coefficient (Wildman–Crippen LogP) is 2.82. The fourth-order valence-corrected chi connectivity index (χ4v) is 4.47. The molecule has 0 spiro atoms. The molecule has 138 valence electrons. The molecule has 0 aliphatic carbocycles. The monoisotopic (exact) mass is 353 g/mol. The molecular weight excluding hydrogens is 326 g/mol. The van der Waals surface area contributed by atoms with Gasteiger partial charge in [-0.1, -0.05) is 6.07 Å². The van der Waals surface area contributed by atoms with Crippen molar-refractivity contribution < 1.29 is 9.47 Å². The lowest BCUT2D eigenvalue weighted by molar-refractivity contribution is 0.108. The van der Waals surface area contributed by atoms with Crippen LogP contribution in [0.25, 0.3) is 0 Å². The maximum atomic E-state index is 6.63. The van der Waals surface area contributed by atoms with Crippen LogP contribution >= 0.6 is 0 Å². The minimum Gasteiger partial charge on any atom is -0.493 e. The molecule has 26 heavy (non-hydrogen) atoms. The van der Waals surface area contributed by atoms with Gasteiger partial charge in [0.15, 0.2) is 11.5 Å². The topological polar surface area (TPSA) is 60.6 Å². The van der Waals surface area contributed by atoms with Gasteiger partial charge < -0.3 is 15.2 Å². The molecule has 1 aromatic heterocycles. The summed E-state index contributed by atoms with van der Waals surface area (Å²) < 4.78 is 11.0. The Morgan fingerprint density at radius 3 is 2.65 bits per heavy atom. The zero-order valence-corrected chi connectivity index (χ0v) is 15.7. The largest absolute Gasteiger partial charge is 0.493 e. The number of hydrogen-bond acceptors (Lipinski definition) is 5. The van der Waals surface area contributed by atoms with E-state index in [0.29, 0.717) is 6.04 Å². The van der Waals surface area contributed by atoms with Crippen molar-refractivity contribution in [3.63, 3.8) is 0 Å². The first-order valence-electron chi connectivity index (χ1n) is 9.28. The summed E-state index contributed by atoms with van der Waals surface area (Å²) in [6.07, 6.45) is 1.96. The van der Waals surface area contributed by atoms with Crippen LogP contribution in [0.2, 0.25) is 0 Å². The Morgan fingerprint density at radius 2 is 1.92 bits per heavy atom. The standard InChI is InChI=1S/C21H27N3O2/c1-13-5-4-6-18(23-13)16-12-24-8-7-14-9-20(25-2)21(26-3)10-15(14)19(24)11-17(16)22/h4-6,9-10,16-17,19H,7-8,11-12,22H2,1-3H3/t16-,17-,19-/m0/s1. The van der Waals surface area contributed by atoms with Gasteiger partial charge in [-0.05, 0) is 55.2 Å². The van der Waals surface area contributed by atoms with Crippen LogP contribution in [0, 0.1) is 6.92 Å². The van der Waals surface area contributed by atoms with Gasteiger partial charge >= 0.3 is 0 Å². The number of pyridine rings is 1. The van der Waals surface area contributed by atoms with E-state index in [1.165, 1.54) is 11.1 Å². The second kappa shape index (κ2) is 6.89. The summed E-state index contributed by atoms with van der Waals surface area (Å²) in [4.78, 5) is 7.30. The van der Waals surface area contributed by atoms with Crippen LogP contribution in [0.5, 0.6) is 11.5 Å². The number of nitrogens with two attached hydrogens (primary N) is 1. The van der Waals surface area contributed by atoms with Crippen molar-refractivity contribution in [1.82, 2.24) is 9.88 Å². The number of benzene rings is 1. The minimum atomic E-state index is 0.101. The number of aromatic nitrogens is 1. The number of rotatable bonds is 3. The lowest BCUT2D eigenvalue weighted by atomic mass is 9.79. The van der Waals surface area contributed by atoms with Gasteiger partial charge in [0.1, 0.15) is 0 Å². The third kappa shape index (κ3) is 2.95. The van der Waals surface area contributed by atoms with Crippen LogP contribution in [0.3, 0.4) is 0 Å². The Bertz CT molecular complexity index is 808. The Kier molecular flexibility index (Phi) is 4.59. The molecule has 4 rings (SSSR count). The number of piperidine rings is 1. The van der Waals surface area contributed by atoms with Gasteiger partial charge in [-0.2, -0.15) is 0 Å². The molecule has 5 heteroatoms. The first-order chi connectivity index (χ1) is 12.6. The molecule has 2 aromatic rings. The zero-order valence-electron chi connectivity index (χ0n) is 15.7. The van der Waals surface area contributed by atoms with Crippen molar-refractivity contribution in [3.8, 4) is 11.5 Å². The van der Waals surface area contributed by atoms with E-state index < -0.39 is 0 Å². The molecule has 1 aromatic carbocycles. The number of hydrogen-bond donors (Lipinski definition) is 1. The Morgan fingerprint density at radius 1 is 1.15 bits per heavy atom. The van der Waals surface area contributed by atoms with E-state index in [4.69, 9.17) is 20.2 Å². The van der Waals surface area contributed by atoms with Crippen LogP contribution < -0.4 is 15.2 Å². The van der Waals surface area contributed by atoms with Gasteiger partial charge in [0.25, 0.3) is 0 Å². The summed E-state index contributed by atoms with van der Waals surface area (Å²) in [7, 11) is 3.38. The molecule has 0 unspecified atom stereocenters. The molecule has 0 radical (unpaired) electrons.